The molecule has 2 aromatic rings. The van der Waals surface area contributed by atoms with Gasteiger partial charge >= 0.3 is 0 Å². The molecule has 1 heterocycles. The number of carbonyl (C=O) groups excluding carboxylic acids is 1. The van der Waals surface area contributed by atoms with E-state index in [0.29, 0.717) is 16.1 Å². The molecule has 84 valence electrons. The van der Waals surface area contributed by atoms with Crippen LogP contribution in [0.25, 0.3) is 0 Å². The van der Waals surface area contributed by atoms with Gasteiger partial charge in [-0.3, -0.25) is 4.79 Å². The molecule has 0 bridgehead atoms. The van der Waals surface area contributed by atoms with Gasteiger partial charge in [-0.05, 0) is 17.7 Å². The van der Waals surface area contributed by atoms with Gasteiger partial charge in [0.15, 0.2) is 5.78 Å². The number of hydrogen-bond donors (Lipinski definition) is 0. The van der Waals surface area contributed by atoms with Crippen LogP contribution in [0.4, 0.5) is 0 Å². The molecule has 0 aliphatic heterocycles. The summed E-state index contributed by atoms with van der Waals surface area (Å²) in [5.41, 5.74) is 0.888. The Morgan fingerprint density at radius 1 is 1.35 bits per heavy atom. The lowest BCUT2D eigenvalue weighted by molar-refractivity contribution is 0.0978. The fraction of sp³-hybridized carbons (Fsp3) is 0.0769. The second-order valence-electron chi connectivity index (χ2n) is 3.46. The van der Waals surface area contributed by atoms with E-state index in [0.717, 1.165) is 0 Å². The monoisotopic (exact) mass is 245 g/mol. The van der Waals surface area contributed by atoms with Crippen molar-refractivity contribution in [2.45, 2.75) is 5.92 Å². The summed E-state index contributed by atoms with van der Waals surface area (Å²) in [6, 6.07) is 10.3. The van der Waals surface area contributed by atoms with E-state index in [2.05, 4.69) is 0 Å². The summed E-state index contributed by atoms with van der Waals surface area (Å²) in [4.78, 5) is 12.0. The topological polar surface area (TPSA) is 54.0 Å². The van der Waals surface area contributed by atoms with Gasteiger partial charge in [-0.15, -0.1) is 0 Å². The van der Waals surface area contributed by atoms with Crippen molar-refractivity contribution in [3.63, 3.8) is 0 Å². The predicted molar refractivity (Wildman–Crippen MR) is 62.8 cm³/mol. The van der Waals surface area contributed by atoms with Gasteiger partial charge in [0.05, 0.1) is 17.9 Å². The number of benzene rings is 1. The van der Waals surface area contributed by atoms with Gasteiger partial charge in [0.25, 0.3) is 0 Å². The van der Waals surface area contributed by atoms with Gasteiger partial charge in [0.2, 0.25) is 0 Å². The van der Waals surface area contributed by atoms with Crippen LogP contribution in [0, 0.1) is 11.3 Å². The first-order chi connectivity index (χ1) is 8.24. The number of nitriles is 1. The van der Waals surface area contributed by atoms with Crippen LogP contribution in [0.2, 0.25) is 5.02 Å². The van der Waals surface area contributed by atoms with Crippen molar-refractivity contribution in [3.05, 3.63) is 59.0 Å². The van der Waals surface area contributed by atoms with Crippen molar-refractivity contribution in [2.24, 2.45) is 0 Å². The summed E-state index contributed by atoms with van der Waals surface area (Å²) in [6.07, 6.45) is 2.72. The van der Waals surface area contributed by atoms with E-state index < -0.39 is 5.92 Å². The molecule has 4 heteroatoms. The maximum Gasteiger partial charge on any atom is 0.187 e. The Kier molecular flexibility index (Phi) is 3.27. The Morgan fingerprint density at radius 3 is 2.71 bits per heavy atom. The zero-order chi connectivity index (χ0) is 12.3. The minimum atomic E-state index is -0.902. The van der Waals surface area contributed by atoms with Crippen LogP contribution in [-0.4, -0.2) is 5.78 Å². The van der Waals surface area contributed by atoms with Gasteiger partial charge in [0, 0.05) is 5.02 Å². The van der Waals surface area contributed by atoms with Crippen molar-refractivity contribution in [1.29, 1.82) is 5.26 Å². The van der Waals surface area contributed by atoms with Crippen LogP contribution in [0.5, 0.6) is 0 Å². The third-order valence-electron chi connectivity index (χ3n) is 2.41. The predicted octanol–water partition coefficient (Wildman–Crippen LogP) is 3.42. The summed E-state index contributed by atoms with van der Waals surface area (Å²) >= 11 is 5.98. The molecule has 17 heavy (non-hydrogen) atoms. The molecule has 3 nitrogen and oxygen atoms in total. The first-order valence-corrected chi connectivity index (χ1v) is 5.32. The molecule has 0 aliphatic rings. The standard InChI is InChI=1S/C13H8ClNO2/c14-12-4-2-1-3-10(12)11(7-15)13(16)9-5-6-17-8-9/h1-6,8,11H. The average molecular weight is 246 g/mol. The lowest BCUT2D eigenvalue weighted by Gasteiger charge is -2.08. The highest BCUT2D eigenvalue weighted by atomic mass is 35.5. The Bertz CT molecular complexity index is 569. The van der Waals surface area contributed by atoms with E-state index in [1.807, 2.05) is 6.07 Å². The largest absolute Gasteiger partial charge is 0.472 e. The second kappa shape index (κ2) is 4.86. The molecule has 0 N–H and O–H groups in total. The van der Waals surface area contributed by atoms with Crippen LogP contribution in [0.3, 0.4) is 0 Å². The molecule has 0 saturated heterocycles. The fourth-order valence-corrected chi connectivity index (χ4v) is 1.79. The van der Waals surface area contributed by atoms with Crippen LogP contribution in [-0.2, 0) is 0 Å². The molecule has 0 radical (unpaired) electrons. The molecular formula is C13H8ClNO2. The first kappa shape index (κ1) is 11.4. The molecule has 1 aromatic carbocycles. The average Bonchev–Trinajstić information content (AvgIpc) is 2.86. The Hall–Kier alpha value is -2.05. The van der Waals surface area contributed by atoms with Gasteiger partial charge in [-0.25, -0.2) is 0 Å². The SMILES string of the molecule is N#CC(C(=O)c1ccoc1)c1ccccc1Cl. The zero-order valence-electron chi connectivity index (χ0n) is 8.76. The number of Topliss-reactive ketones (excluding diaryl/α,β-unsaturated/α-hetero) is 1. The minimum Gasteiger partial charge on any atom is -0.472 e. The zero-order valence-corrected chi connectivity index (χ0v) is 9.52. The van der Waals surface area contributed by atoms with E-state index in [9.17, 15) is 4.79 Å². The second-order valence-corrected chi connectivity index (χ2v) is 3.87. The molecule has 1 unspecified atom stereocenters. The van der Waals surface area contributed by atoms with Crippen molar-refractivity contribution in [2.75, 3.05) is 0 Å². The molecule has 0 fully saturated rings. The van der Waals surface area contributed by atoms with Crippen molar-refractivity contribution in [1.82, 2.24) is 0 Å². The van der Waals surface area contributed by atoms with Gasteiger partial charge in [0.1, 0.15) is 12.2 Å². The first-order valence-electron chi connectivity index (χ1n) is 4.94. The quantitative estimate of drug-likeness (QED) is 0.779. The molecule has 0 amide bonds. The van der Waals surface area contributed by atoms with Gasteiger partial charge in [-0.1, -0.05) is 29.8 Å². The van der Waals surface area contributed by atoms with E-state index >= 15 is 0 Å². The Morgan fingerprint density at radius 2 is 2.12 bits per heavy atom. The number of hydrogen-bond acceptors (Lipinski definition) is 3. The van der Waals surface area contributed by atoms with Crippen molar-refractivity contribution in [3.8, 4) is 6.07 Å². The summed E-state index contributed by atoms with van der Waals surface area (Å²) in [5, 5.41) is 9.53. The number of nitrogens with zero attached hydrogens (tertiary/aromatic N) is 1. The smallest absolute Gasteiger partial charge is 0.187 e. The van der Waals surface area contributed by atoms with E-state index in [1.54, 1.807) is 24.3 Å². The highest BCUT2D eigenvalue weighted by Crippen LogP contribution is 2.27. The van der Waals surface area contributed by atoms with Crippen LogP contribution >= 0.6 is 11.6 Å². The molecule has 2 rings (SSSR count). The van der Waals surface area contributed by atoms with Crippen molar-refractivity contribution < 1.29 is 9.21 Å². The molecule has 0 aliphatic carbocycles. The lowest BCUT2D eigenvalue weighted by atomic mass is 9.93. The Balaban J connectivity index is 2.39. The molecule has 1 atom stereocenters. The number of rotatable bonds is 3. The van der Waals surface area contributed by atoms with E-state index in [1.165, 1.54) is 18.6 Å². The number of ketones is 1. The molecule has 0 saturated carbocycles. The summed E-state index contributed by atoms with van der Waals surface area (Å²) < 4.78 is 4.83. The third kappa shape index (κ3) is 2.22. The van der Waals surface area contributed by atoms with E-state index in [4.69, 9.17) is 21.3 Å². The van der Waals surface area contributed by atoms with E-state index in [-0.39, 0.29) is 5.78 Å². The van der Waals surface area contributed by atoms with Crippen LogP contribution < -0.4 is 0 Å². The van der Waals surface area contributed by atoms with Crippen LogP contribution in [0.15, 0.2) is 47.3 Å². The number of carbonyl (C=O) groups is 1. The van der Waals surface area contributed by atoms with Gasteiger partial charge < -0.3 is 4.42 Å². The minimum absolute atomic E-state index is 0.311. The molecule has 0 spiro atoms. The lowest BCUT2D eigenvalue weighted by Crippen LogP contribution is -2.10. The summed E-state index contributed by atoms with van der Waals surface area (Å²) in [7, 11) is 0. The highest BCUT2D eigenvalue weighted by Gasteiger charge is 2.24. The maximum absolute atomic E-state index is 12.0. The normalized spacial score (nSPS) is 11.8. The summed E-state index contributed by atoms with van der Waals surface area (Å²) in [5.74, 6) is -1.21. The third-order valence-corrected chi connectivity index (χ3v) is 2.76. The number of halogens is 1. The fourth-order valence-electron chi connectivity index (χ4n) is 1.55. The summed E-state index contributed by atoms with van der Waals surface area (Å²) in [6.45, 7) is 0. The molecular weight excluding hydrogens is 238 g/mol. The highest BCUT2D eigenvalue weighted by molar-refractivity contribution is 6.31. The molecule has 1 aromatic heterocycles. The maximum atomic E-state index is 12.0. The number of furan rings is 1. The van der Waals surface area contributed by atoms with Crippen molar-refractivity contribution >= 4 is 17.4 Å². The Labute approximate surface area is 103 Å². The van der Waals surface area contributed by atoms with Gasteiger partial charge in [-0.2, -0.15) is 5.26 Å². The van der Waals surface area contributed by atoms with Crippen LogP contribution in [0.1, 0.15) is 21.8 Å².